The lowest BCUT2D eigenvalue weighted by atomic mass is 9.66. The lowest BCUT2D eigenvalue weighted by molar-refractivity contribution is -0.159. The molecule has 0 spiro atoms. The Kier molecular flexibility index (Phi) is 4.19. The van der Waals surface area contributed by atoms with E-state index in [1.54, 1.807) is 0 Å². The number of carbonyl (C=O) groups excluding carboxylic acids is 1. The summed E-state index contributed by atoms with van der Waals surface area (Å²) in [6.45, 7) is 0.770. The van der Waals surface area contributed by atoms with Crippen LogP contribution in [0.15, 0.2) is 30.3 Å². The van der Waals surface area contributed by atoms with Gasteiger partial charge in [0, 0.05) is 19.0 Å². The number of aliphatic carboxylic acids is 1. The van der Waals surface area contributed by atoms with Crippen LogP contribution in [-0.2, 0) is 16.0 Å². The number of amides is 1. The van der Waals surface area contributed by atoms with E-state index < -0.39 is 11.4 Å². The second-order valence-electron chi connectivity index (χ2n) is 6.69. The van der Waals surface area contributed by atoms with Gasteiger partial charge in [-0.05, 0) is 37.7 Å². The smallest absolute Gasteiger partial charge is 0.310 e. The van der Waals surface area contributed by atoms with Crippen molar-refractivity contribution >= 4 is 11.9 Å². The van der Waals surface area contributed by atoms with Crippen LogP contribution >= 0.6 is 0 Å². The van der Waals surface area contributed by atoms with Gasteiger partial charge in [0.05, 0.1) is 5.41 Å². The molecule has 0 bridgehead atoms. The lowest BCUT2D eigenvalue weighted by Crippen LogP contribution is -2.45. The molecule has 0 radical (unpaired) electrons. The monoisotopic (exact) mass is 301 g/mol. The first-order valence-electron chi connectivity index (χ1n) is 8.17. The normalized spacial score (nSPS) is 23.1. The Labute approximate surface area is 131 Å². The molecule has 2 aliphatic rings. The maximum Gasteiger partial charge on any atom is 0.310 e. The van der Waals surface area contributed by atoms with Crippen molar-refractivity contribution in [1.82, 2.24) is 4.90 Å². The van der Waals surface area contributed by atoms with Gasteiger partial charge < -0.3 is 10.0 Å². The highest BCUT2D eigenvalue weighted by atomic mass is 16.4. The van der Waals surface area contributed by atoms with Crippen LogP contribution in [0.3, 0.4) is 0 Å². The van der Waals surface area contributed by atoms with Crippen LogP contribution in [0, 0.1) is 5.41 Å². The van der Waals surface area contributed by atoms with Crippen molar-refractivity contribution in [3.8, 4) is 0 Å². The molecule has 1 aromatic rings. The molecule has 22 heavy (non-hydrogen) atoms. The standard InChI is InChI=1S/C18H23NO3/c20-16(13-18(17(21)22)9-5-10-18)19-11-4-8-15(19)12-14-6-2-1-3-7-14/h1-3,6-7,15H,4-5,8-13H2,(H,21,22). The summed E-state index contributed by atoms with van der Waals surface area (Å²) in [6, 6.07) is 10.4. The minimum absolute atomic E-state index is 0.0283. The maximum atomic E-state index is 12.6. The molecule has 118 valence electrons. The highest BCUT2D eigenvalue weighted by Gasteiger charge is 2.47. The van der Waals surface area contributed by atoms with Crippen molar-refractivity contribution in [2.24, 2.45) is 5.41 Å². The molecule has 1 heterocycles. The van der Waals surface area contributed by atoms with Gasteiger partial charge in [0.15, 0.2) is 0 Å². The van der Waals surface area contributed by atoms with Gasteiger partial charge in [-0.3, -0.25) is 9.59 Å². The van der Waals surface area contributed by atoms with E-state index in [1.807, 2.05) is 23.1 Å². The predicted octanol–water partition coefficient (Wildman–Crippen LogP) is 2.87. The molecule has 1 saturated heterocycles. The number of nitrogens with zero attached hydrogens (tertiary/aromatic N) is 1. The Morgan fingerprint density at radius 2 is 1.91 bits per heavy atom. The average molecular weight is 301 g/mol. The Balaban J connectivity index is 1.65. The minimum atomic E-state index is -0.800. The van der Waals surface area contributed by atoms with Gasteiger partial charge in [0.1, 0.15) is 0 Å². The van der Waals surface area contributed by atoms with Crippen molar-refractivity contribution < 1.29 is 14.7 Å². The number of hydrogen-bond acceptors (Lipinski definition) is 2. The lowest BCUT2D eigenvalue weighted by Gasteiger charge is -2.38. The van der Waals surface area contributed by atoms with Crippen LogP contribution in [0.25, 0.3) is 0 Å². The van der Waals surface area contributed by atoms with Crippen LogP contribution in [-0.4, -0.2) is 34.5 Å². The fourth-order valence-corrected chi connectivity index (χ4v) is 3.72. The molecular weight excluding hydrogens is 278 g/mol. The van der Waals surface area contributed by atoms with Crippen molar-refractivity contribution in [1.29, 1.82) is 0 Å². The molecule has 1 saturated carbocycles. The van der Waals surface area contributed by atoms with Gasteiger partial charge in [0.2, 0.25) is 5.91 Å². The number of carbonyl (C=O) groups is 2. The van der Waals surface area contributed by atoms with Crippen molar-refractivity contribution in [3.63, 3.8) is 0 Å². The average Bonchev–Trinajstić information content (AvgIpc) is 2.91. The Morgan fingerprint density at radius 3 is 2.50 bits per heavy atom. The van der Waals surface area contributed by atoms with E-state index in [-0.39, 0.29) is 18.4 Å². The topological polar surface area (TPSA) is 57.6 Å². The first-order valence-corrected chi connectivity index (χ1v) is 8.17. The summed E-state index contributed by atoms with van der Waals surface area (Å²) in [5.74, 6) is -0.772. The van der Waals surface area contributed by atoms with Gasteiger partial charge in [-0.1, -0.05) is 36.8 Å². The molecule has 1 aliphatic carbocycles. The zero-order chi connectivity index (χ0) is 15.6. The van der Waals surface area contributed by atoms with E-state index >= 15 is 0 Å². The summed E-state index contributed by atoms with van der Waals surface area (Å²) in [6.07, 6.45) is 5.29. The number of hydrogen-bond donors (Lipinski definition) is 1. The molecule has 4 nitrogen and oxygen atoms in total. The van der Waals surface area contributed by atoms with Crippen LogP contribution in [0.5, 0.6) is 0 Å². The Morgan fingerprint density at radius 1 is 1.18 bits per heavy atom. The number of benzene rings is 1. The van der Waals surface area contributed by atoms with E-state index in [0.29, 0.717) is 12.8 Å². The van der Waals surface area contributed by atoms with Crippen LogP contribution in [0.4, 0.5) is 0 Å². The first kappa shape index (κ1) is 15.1. The molecule has 0 aromatic heterocycles. The van der Waals surface area contributed by atoms with Gasteiger partial charge >= 0.3 is 5.97 Å². The van der Waals surface area contributed by atoms with E-state index in [1.165, 1.54) is 5.56 Å². The van der Waals surface area contributed by atoms with Crippen molar-refractivity contribution in [2.75, 3.05) is 6.54 Å². The summed E-state index contributed by atoms with van der Waals surface area (Å²) < 4.78 is 0. The van der Waals surface area contributed by atoms with Gasteiger partial charge in [-0.15, -0.1) is 0 Å². The van der Waals surface area contributed by atoms with Crippen LogP contribution < -0.4 is 0 Å². The minimum Gasteiger partial charge on any atom is -0.481 e. The van der Waals surface area contributed by atoms with Crippen molar-refractivity contribution in [2.45, 2.75) is 51.0 Å². The maximum absolute atomic E-state index is 12.6. The van der Waals surface area contributed by atoms with E-state index in [4.69, 9.17) is 0 Å². The number of carboxylic acids is 1. The summed E-state index contributed by atoms with van der Waals surface area (Å²) in [5.41, 5.74) is 0.459. The number of rotatable bonds is 5. The summed E-state index contributed by atoms with van der Waals surface area (Å²) in [7, 11) is 0. The van der Waals surface area contributed by atoms with E-state index in [9.17, 15) is 14.7 Å². The Hall–Kier alpha value is -1.84. The number of carboxylic acid groups (broad SMARTS) is 1. The van der Waals surface area contributed by atoms with E-state index in [0.717, 1.165) is 32.2 Å². The summed E-state index contributed by atoms with van der Waals surface area (Å²) >= 11 is 0. The molecule has 3 rings (SSSR count). The van der Waals surface area contributed by atoms with E-state index in [2.05, 4.69) is 12.1 Å². The Bertz CT molecular complexity index is 551. The predicted molar refractivity (Wildman–Crippen MR) is 83.4 cm³/mol. The fraction of sp³-hybridized carbons (Fsp3) is 0.556. The molecule has 4 heteroatoms. The zero-order valence-electron chi connectivity index (χ0n) is 12.8. The summed E-state index contributed by atoms with van der Waals surface area (Å²) in [5, 5.41) is 9.41. The van der Waals surface area contributed by atoms with Crippen LogP contribution in [0.1, 0.15) is 44.1 Å². The third-order valence-corrected chi connectivity index (χ3v) is 5.27. The number of likely N-dealkylation sites (tertiary alicyclic amines) is 1. The van der Waals surface area contributed by atoms with Gasteiger partial charge in [-0.2, -0.15) is 0 Å². The highest BCUT2D eigenvalue weighted by molar-refractivity contribution is 5.86. The molecule has 1 aromatic carbocycles. The van der Waals surface area contributed by atoms with Crippen LogP contribution in [0.2, 0.25) is 0 Å². The highest BCUT2D eigenvalue weighted by Crippen LogP contribution is 2.45. The molecule has 1 atom stereocenters. The first-order chi connectivity index (χ1) is 10.6. The van der Waals surface area contributed by atoms with Crippen molar-refractivity contribution in [3.05, 3.63) is 35.9 Å². The third kappa shape index (κ3) is 2.87. The summed E-state index contributed by atoms with van der Waals surface area (Å²) in [4.78, 5) is 26.0. The fourth-order valence-electron chi connectivity index (χ4n) is 3.72. The molecule has 1 amide bonds. The molecule has 1 unspecified atom stereocenters. The molecule has 2 fully saturated rings. The largest absolute Gasteiger partial charge is 0.481 e. The SMILES string of the molecule is O=C(CC1(C(=O)O)CCC1)N1CCCC1Cc1ccccc1. The zero-order valence-corrected chi connectivity index (χ0v) is 12.8. The molecule has 1 aliphatic heterocycles. The van der Waals surface area contributed by atoms with Gasteiger partial charge in [-0.25, -0.2) is 0 Å². The quantitative estimate of drug-likeness (QED) is 0.910. The second kappa shape index (κ2) is 6.11. The third-order valence-electron chi connectivity index (χ3n) is 5.27. The van der Waals surface area contributed by atoms with Gasteiger partial charge in [0.25, 0.3) is 0 Å². The second-order valence-corrected chi connectivity index (χ2v) is 6.69. The molecule has 1 N–H and O–H groups in total. The molecular formula is C18H23NO3.